The summed E-state index contributed by atoms with van der Waals surface area (Å²) in [6.07, 6.45) is 6.09. The first kappa shape index (κ1) is 10.3. The molecule has 2 aliphatic rings. The van der Waals surface area contributed by atoms with Crippen molar-refractivity contribution in [3.8, 4) is 6.07 Å². The summed E-state index contributed by atoms with van der Waals surface area (Å²) < 4.78 is 0. The number of nitrogens with zero attached hydrogens (tertiary/aromatic N) is 2. The lowest BCUT2D eigenvalue weighted by molar-refractivity contribution is -0.121. The highest BCUT2D eigenvalue weighted by Gasteiger charge is 2.43. The highest BCUT2D eigenvalue weighted by Crippen LogP contribution is 2.48. The number of aromatic amines is 1. The van der Waals surface area contributed by atoms with Crippen molar-refractivity contribution in [2.75, 3.05) is 5.32 Å². The fourth-order valence-corrected chi connectivity index (χ4v) is 3.25. The molecule has 3 atom stereocenters. The van der Waals surface area contributed by atoms with Gasteiger partial charge in [-0.05, 0) is 31.1 Å². The van der Waals surface area contributed by atoms with E-state index >= 15 is 0 Å². The average molecular weight is 230 g/mol. The van der Waals surface area contributed by atoms with Crippen LogP contribution < -0.4 is 5.32 Å². The summed E-state index contributed by atoms with van der Waals surface area (Å²) >= 11 is 0. The summed E-state index contributed by atoms with van der Waals surface area (Å²) in [5.41, 5.74) is 0.390. The Morgan fingerprint density at radius 1 is 1.53 bits per heavy atom. The lowest BCUT2D eigenvalue weighted by Crippen LogP contribution is -2.27. The Morgan fingerprint density at radius 3 is 3.06 bits per heavy atom. The molecule has 0 radical (unpaired) electrons. The van der Waals surface area contributed by atoms with Crippen molar-refractivity contribution in [2.45, 2.75) is 25.7 Å². The first-order valence-corrected chi connectivity index (χ1v) is 6.02. The van der Waals surface area contributed by atoms with Crippen molar-refractivity contribution in [3.05, 3.63) is 11.8 Å². The van der Waals surface area contributed by atoms with Crippen molar-refractivity contribution in [1.82, 2.24) is 10.2 Å². The fraction of sp³-hybridized carbons (Fsp3) is 0.583. The van der Waals surface area contributed by atoms with E-state index in [1.165, 1.54) is 25.5 Å². The molecule has 0 saturated heterocycles. The summed E-state index contributed by atoms with van der Waals surface area (Å²) in [5.74, 6) is 1.89. The Morgan fingerprint density at radius 2 is 2.41 bits per heavy atom. The normalized spacial score (nSPS) is 30.2. The van der Waals surface area contributed by atoms with Gasteiger partial charge in [0.2, 0.25) is 5.91 Å². The van der Waals surface area contributed by atoms with Crippen LogP contribution in [0.4, 0.5) is 5.82 Å². The van der Waals surface area contributed by atoms with Gasteiger partial charge in [-0.25, -0.2) is 0 Å². The molecule has 5 heteroatoms. The third-order valence-corrected chi connectivity index (χ3v) is 4.08. The van der Waals surface area contributed by atoms with Gasteiger partial charge in [0, 0.05) is 5.92 Å². The molecule has 0 spiro atoms. The monoisotopic (exact) mass is 230 g/mol. The van der Waals surface area contributed by atoms with Crippen LogP contribution >= 0.6 is 0 Å². The molecular formula is C12H14N4O. The van der Waals surface area contributed by atoms with Crippen LogP contribution in [0.15, 0.2) is 6.20 Å². The molecule has 5 nitrogen and oxygen atoms in total. The summed E-state index contributed by atoms with van der Waals surface area (Å²) in [6, 6.07) is 2.00. The van der Waals surface area contributed by atoms with E-state index in [-0.39, 0.29) is 11.8 Å². The minimum absolute atomic E-state index is 0.0398. The molecule has 1 aromatic heterocycles. The summed E-state index contributed by atoms with van der Waals surface area (Å²) in [6.45, 7) is 0. The Hall–Kier alpha value is -1.83. The third kappa shape index (κ3) is 1.70. The van der Waals surface area contributed by atoms with E-state index in [9.17, 15) is 4.79 Å². The number of rotatable bonds is 2. The number of carbonyl (C=O) groups is 1. The molecule has 0 aromatic carbocycles. The zero-order valence-electron chi connectivity index (χ0n) is 9.44. The van der Waals surface area contributed by atoms with E-state index in [0.29, 0.717) is 17.3 Å². The van der Waals surface area contributed by atoms with Gasteiger partial charge in [0.15, 0.2) is 0 Å². The molecule has 0 aliphatic heterocycles. The summed E-state index contributed by atoms with van der Waals surface area (Å²) in [7, 11) is 0. The number of hydrogen-bond acceptors (Lipinski definition) is 3. The number of H-pyrrole nitrogens is 1. The Labute approximate surface area is 99.2 Å². The fourth-order valence-electron chi connectivity index (χ4n) is 3.25. The van der Waals surface area contributed by atoms with Gasteiger partial charge in [-0.3, -0.25) is 9.89 Å². The Bertz CT molecular complexity index is 487. The van der Waals surface area contributed by atoms with Crippen LogP contribution in [0.5, 0.6) is 0 Å². The molecule has 2 bridgehead atoms. The van der Waals surface area contributed by atoms with Gasteiger partial charge >= 0.3 is 0 Å². The maximum absolute atomic E-state index is 12.1. The van der Waals surface area contributed by atoms with Gasteiger partial charge in [-0.1, -0.05) is 6.42 Å². The number of nitriles is 1. The maximum atomic E-state index is 12.1. The zero-order valence-corrected chi connectivity index (χ0v) is 9.44. The van der Waals surface area contributed by atoms with Crippen molar-refractivity contribution in [1.29, 1.82) is 5.26 Å². The molecule has 2 saturated carbocycles. The number of carbonyl (C=O) groups excluding carboxylic acids is 1. The maximum Gasteiger partial charge on any atom is 0.228 e. The highest BCUT2D eigenvalue weighted by molar-refractivity contribution is 5.93. The van der Waals surface area contributed by atoms with Gasteiger partial charge < -0.3 is 5.32 Å². The predicted molar refractivity (Wildman–Crippen MR) is 60.9 cm³/mol. The van der Waals surface area contributed by atoms with Crippen LogP contribution in [0, 0.1) is 29.1 Å². The minimum atomic E-state index is 0.0398. The van der Waals surface area contributed by atoms with Crippen LogP contribution in [0.1, 0.15) is 31.2 Å². The molecule has 2 fully saturated rings. The quantitative estimate of drug-likeness (QED) is 0.810. The molecule has 3 unspecified atom stereocenters. The molecule has 1 aromatic rings. The molecule has 2 aliphatic carbocycles. The van der Waals surface area contributed by atoms with Gasteiger partial charge in [-0.15, -0.1) is 0 Å². The van der Waals surface area contributed by atoms with Crippen LogP contribution in [-0.4, -0.2) is 16.1 Å². The average Bonchev–Trinajstić information content (AvgIpc) is 3.03. The first-order valence-electron chi connectivity index (χ1n) is 6.02. The van der Waals surface area contributed by atoms with E-state index in [1.54, 1.807) is 0 Å². The summed E-state index contributed by atoms with van der Waals surface area (Å²) in [5, 5.41) is 18.0. The number of amides is 1. The van der Waals surface area contributed by atoms with E-state index in [1.807, 2.05) is 6.07 Å². The van der Waals surface area contributed by atoms with E-state index in [4.69, 9.17) is 5.26 Å². The van der Waals surface area contributed by atoms with Crippen LogP contribution in [-0.2, 0) is 4.79 Å². The highest BCUT2D eigenvalue weighted by atomic mass is 16.2. The number of anilines is 1. The van der Waals surface area contributed by atoms with Gasteiger partial charge in [-0.2, -0.15) is 10.4 Å². The number of fused-ring (bicyclic) bond motifs is 2. The van der Waals surface area contributed by atoms with Crippen molar-refractivity contribution < 1.29 is 4.79 Å². The Kier molecular flexibility index (Phi) is 2.36. The largest absolute Gasteiger partial charge is 0.310 e. The SMILES string of the molecule is N#Cc1cn[nH]c1NC(=O)C1CC2CCC1C2. The summed E-state index contributed by atoms with van der Waals surface area (Å²) in [4.78, 5) is 12.1. The second kappa shape index (κ2) is 3.88. The van der Waals surface area contributed by atoms with Crippen molar-refractivity contribution in [3.63, 3.8) is 0 Å². The van der Waals surface area contributed by atoms with Crippen molar-refractivity contribution >= 4 is 11.7 Å². The molecule has 3 rings (SSSR count). The molecular weight excluding hydrogens is 216 g/mol. The van der Waals surface area contributed by atoms with Crippen LogP contribution in [0.25, 0.3) is 0 Å². The molecule has 88 valence electrons. The number of hydrogen-bond donors (Lipinski definition) is 2. The van der Waals surface area contributed by atoms with Crippen LogP contribution in [0.2, 0.25) is 0 Å². The topological polar surface area (TPSA) is 81.6 Å². The lowest BCUT2D eigenvalue weighted by Gasteiger charge is -2.20. The second-order valence-corrected chi connectivity index (χ2v) is 5.04. The van der Waals surface area contributed by atoms with Crippen LogP contribution in [0.3, 0.4) is 0 Å². The van der Waals surface area contributed by atoms with Crippen molar-refractivity contribution in [2.24, 2.45) is 17.8 Å². The molecule has 2 N–H and O–H groups in total. The van der Waals surface area contributed by atoms with Gasteiger partial charge in [0.05, 0.1) is 6.20 Å². The molecule has 17 heavy (non-hydrogen) atoms. The second-order valence-electron chi connectivity index (χ2n) is 5.04. The molecule has 1 heterocycles. The lowest BCUT2D eigenvalue weighted by atomic mass is 9.88. The van der Waals surface area contributed by atoms with E-state index in [0.717, 1.165) is 12.3 Å². The first-order chi connectivity index (χ1) is 8.28. The Balaban J connectivity index is 1.70. The number of nitrogens with one attached hydrogen (secondary N) is 2. The van der Waals surface area contributed by atoms with E-state index < -0.39 is 0 Å². The minimum Gasteiger partial charge on any atom is -0.310 e. The van der Waals surface area contributed by atoms with Gasteiger partial charge in [0.25, 0.3) is 0 Å². The van der Waals surface area contributed by atoms with Gasteiger partial charge in [0.1, 0.15) is 17.5 Å². The molecule has 1 amide bonds. The predicted octanol–water partition coefficient (Wildman–Crippen LogP) is 1.66. The van der Waals surface area contributed by atoms with E-state index in [2.05, 4.69) is 15.5 Å². The smallest absolute Gasteiger partial charge is 0.228 e. The third-order valence-electron chi connectivity index (χ3n) is 4.08. The standard InChI is InChI=1S/C12H14N4O/c13-5-9-6-14-16-11(9)15-12(17)10-4-7-1-2-8(10)3-7/h6-8,10H,1-4H2,(H2,14,15,16,17). The zero-order chi connectivity index (χ0) is 11.8. The number of aromatic nitrogens is 2.